The summed E-state index contributed by atoms with van der Waals surface area (Å²) in [6.07, 6.45) is -0.615. The number of nitrogens with one attached hydrogen (secondary N) is 2. The Hall–Kier alpha value is -2.64. The SMILES string of the molecule is Cc1cc(NC(=O)OC(C)(C)C)nc(C)c1CNC(=O)C(=O)O. The van der Waals surface area contributed by atoms with E-state index < -0.39 is 23.6 Å². The summed E-state index contributed by atoms with van der Waals surface area (Å²) >= 11 is 0. The lowest BCUT2D eigenvalue weighted by atomic mass is 10.1. The van der Waals surface area contributed by atoms with Gasteiger partial charge in [0.1, 0.15) is 11.4 Å². The minimum absolute atomic E-state index is 0.0442. The minimum atomic E-state index is -1.54. The molecule has 2 amide bonds. The molecule has 0 aromatic carbocycles. The number of hydrogen-bond donors (Lipinski definition) is 3. The highest BCUT2D eigenvalue weighted by Gasteiger charge is 2.18. The summed E-state index contributed by atoms with van der Waals surface area (Å²) in [5, 5.41) is 13.4. The zero-order chi connectivity index (χ0) is 17.8. The van der Waals surface area contributed by atoms with E-state index in [9.17, 15) is 14.4 Å². The second-order valence-corrected chi connectivity index (χ2v) is 6.00. The molecule has 0 fully saturated rings. The van der Waals surface area contributed by atoms with Gasteiger partial charge in [0.15, 0.2) is 0 Å². The average Bonchev–Trinajstić information content (AvgIpc) is 2.34. The third-order valence-corrected chi connectivity index (χ3v) is 2.80. The second-order valence-electron chi connectivity index (χ2n) is 6.00. The number of carboxylic acid groups (broad SMARTS) is 1. The maximum atomic E-state index is 11.7. The van der Waals surface area contributed by atoms with Crippen molar-refractivity contribution in [2.24, 2.45) is 0 Å². The zero-order valence-corrected chi connectivity index (χ0v) is 13.8. The van der Waals surface area contributed by atoms with E-state index in [2.05, 4.69) is 15.6 Å². The number of nitrogens with zero attached hydrogens (tertiary/aromatic N) is 1. The predicted octanol–water partition coefficient (Wildman–Crippen LogP) is 1.75. The van der Waals surface area contributed by atoms with Crippen LogP contribution in [0.25, 0.3) is 0 Å². The molecule has 8 heteroatoms. The number of aromatic nitrogens is 1. The lowest BCUT2D eigenvalue weighted by molar-refractivity contribution is -0.150. The third kappa shape index (κ3) is 5.93. The van der Waals surface area contributed by atoms with Crippen LogP contribution in [0.5, 0.6) is 0 Å². The van der Waals surface area contributed by atoms with E-state index in [0.717, 1.165) is 5.56 Å². The van der Waals surface area contributed by atoms with Gasteiger partial charge in [-0.3, -0.25) is 10.1 Å². The van der Waals surface area contributed by atoms with Crippen LogP contribution >= 0.6 is 0 Å². The first-order chi connectivity index (χ1) is 10.5. The highest BCUT2D eigenvalue weighted by molar-refractivity contribution is 6.31. The van der Waals surface area contributed by atoms with Gasteiger partial charge in [-0.05, 0) is 51.8 Å². The average molecular weight is 323 g/mol. The van der Waals surface area contributed by atoms with Crippen LogP contribution in [0.15, 0.2) is 6.07 Å². The minimum Gasteiger partial charge on any atom is -0.474 e. The van der Waals surface area contributed by atoms with E-state index in [1.54, 1.807) is 40.7 Å². The number of pyridine rings is 1. The molecule has 0 saturated carbocycles. The number of hydrogen-bond acceptors (Lipinski definition) is 5. The molecule has 3 N–H and O–H groups in total. The van der Waals surface area contributed by atoms with Crippen molar-refractivity contribution >= 4 is 23.8 Å². The Morgan fingerprint density at radius 3 is 2.35 bits per heavy atom. The number of carbonyl (C=O) groups is 3. The number of carbonyl (C=O) groups excluding carboxylic acids is 2. The Morgan fingerprint density at radius 1 is 1.26 bits per heavy atom. The number of rotatable bonds is 3. The molecule has 0 saturated heterocycles. The fourth-order valence-corrected chi connectivity index (χ4v) is 1.84. The monoisotopic (exact) mass is 323 g/mol. The van der Waals surface area contributed by atoms with Crippen LogP contribution < -0.4 is 10.6 Å². The van der Waals surface area contributed by atoms with E-state index in [4.69, 9.17) is 9.84 Å². The molecular formula is C15H21N3O5. The van der Waals surface area contributed by atoms with Gasteiger partial charge in [-0.15, -0.1) is 0 Å². The van der Waals surface area contributed by atoms with Crippen molar-refractivity contribution in [3.05, 3.63) is 22.9 Å². The Balaban J connectivity index is 2.83. The van der Waals surface area contributed by atoms with Crippen LogP contribution in [0, 0.1) is 13.8 Å². The maximum Gasteiger partial charge on any atom is 0.413 e. The van der Waals surface area contributed by atoms with E-state index in [1.165, 1.54) is 0 Å². The molecule has 0 spiro atoms. The van der Waals surface area contributed by atoms with E-state index in [0.29, 0.717) is 17.1 Å². The largest absolute Gasteiger partial charge is 0.474 e. The smallest absolute Gasteiger partial charge is 0.413 e. The van der Waals surface area contributed by atoms with Crippen LogP contribution in [-0.4, -0.2) is 33.7 Å². The zero-order valence-electron chi connectivity index (χ0n) is 13.8. The second kappa shape index (κ2) is 7.08. The number of ether oxygens (including phenoxy) is 1. The van der Waals surface area contributed by atoms with Crippen molar-refractivity contribution in [3.63, 3.8) is 0 Å². The number of aliphatic carboxylic acids is 1. The molecule has 126 valence electrons. The number of aryl methyl sites for hydroxylation is 2. The summed E-state index contributed by atoms with van der Waals surface area (Å²) in [5.41, 5.74) is 1.40. The predicted molar refractivity (Wildman–Crippen MR) is 83.1 cm³/mol. The van der Waals surface area contributed by atoms with Gasteiger partial charge in [0.2, 0.25) is 0 Å². The van der Waals surface area contributed by atoms with E-state index in [1.807, 2.05) is 0 Å². The van der Waals surface area contributed by atoms with Gasteiger partial charge in [0.25, 0.3) is 0 Å². The molecule has 0 atom stereocenters. The molecule has 1 aromatic rings. The number of carboxylic acids is 1. The van der Waals surface area contributed by atoms with Crippen molar-refractivity contribution in [1.82, 2.24) is 10.3 Å². The van der Waals surface area contributed by atoms with Crippen molar-refractivity contribution in [2.75, 3.05) is 5.32 Å². The van der Waals surface area contributed by atoms with Crippen molar-refractivity contribution in [1.29, 1.82) is 0 Å². The van der Waals surface area contributed by atoms with Gasteiger partial charge in [0.05, 0.1) is 0 Å². The fourth-order valence-electron chi connectivity index (χ4n) is 1.84. The Kier molecular flexibility index (Phi) is 5.67. The molecule has 1 heterocycles. The number of amides is 2. The van der Waals surface area contributed by atoms with Crippen LogP contribution in [0.2, 0.25) is 0 Å². The summed E-state index contributed by atoms with van der Waals surface area (Å²) in [4.78, 5) is 37.5. The van der Waals surface area contributed by atoms with Crippen molar-refractivity contribution in [3.8, 4) is 0 Å². The van der Waals surface area contributed by atoms with Gasteiger partial charge in [0, 0.05) is 12.2 Å². The van der Waals surface area contributed by atoms with Gasteiger partial charge >= 0.3 is 18.0 Å². The molecule has 0 aliphatic carbocycles. The molecule has 0 radical (unpaired) electrons. The normalized spacial score (nSPS) is 10.8. The lowest BCUT2D eigenvalue weighted by Gasteiger charge is -2.20. The molecule has 23 heavy (non-hydrogen) atoms. The van der Waals surface area contributed by atoms with Gasteiger partial charge in [-0.2, -0.15) is 0 Å². The van der Waals surface area contributed by atoms with Crippen LogP contribution in [0.1, 0.15) is 37.6 Å². The summed E-state index contributed by atoms with van der Waals surface area (Å²) in [6.45, 7) is 8.79. The first-order valence-corrected chi connectivity index (χ1v) is 6.98. The maximum absolute atomic E-state index is 11.7. The Bertz CT molecular complexity index is 611. The third-order valence-electron chi connectivity index (χ3n) is 2.80. The highest BCUT2D eigenvalue weighted by atomic mass is 16.6. The van der Waals surface area contributed by atoms with E-state index >= 15 is 0 Å². The standard InChI is InChI=1S/C15H21N3O5/c1-8-6-11(18-14(22)23-15(3,4)5)17-9(2)10(8)7-16-12(19)13(20)21/h6H,7H2,1-5H3,(H,16,19)(H,20,21)(H,17,18,22). The van der Waals surface area contributed by atoms with E-state index in [-0.39, 0.29) is 6.54 Å². The quantitative estimate of drug-likeness (QED) is 0.729. The molecule has 8 nitrogen and oxygen atoms in total. The topological polar surface area (TPSA) is 118 Å². The Labute approximate surface area is 134 Å². The summed E-state index contributed by atoms with van der Waals surface area (Å²) < 4.78 is 5.14. The van der Waals surface area contributed by atoms with Crippen LogP contribution in [-0.2, 0) is 20.9 Å². The van der Waals surface area contributed by atoms with Gasteiger partial charge in [-0.25, -0.2) is 14.6 Å². The summed E-state index contributed by atoms with van der Waals surface area (Å²) in [5.74, 6) is -2.31. The molecule has 0 bridgehead atoms. The van der Waals surface area contributed by atoms with Crippen LogP contribution in [0.4, 0.5) is 10.6 Å². The van der Waals surface area contributed by atoms with Crippen molar-refractivity contribution in [2.45, 2.75) is 46.8 Å². The van der Waals surface area contributed by atoms with Crippen molar-refractivity contribution < 1.29 is 24.2 Å². The highest BCUT2D eigenvalue weighted by Crippen LogP contribution is 2.17. The first kappa shape index (κ1) is 18.4. The first-order valence-electron chi connectivity index (χ1n) is 6.98. The number of anilines is 1. The summed E-state index contributed by atoms with van der Waals surface area (Å²) in [7, 11) is 0. The summed E-state index contributed by atoms with van der Waals surface area (Å²) in [6, 6.07) is 1.62. The molecule has 0 aliphatic heterocycles. The van der Waals surface area contributed by atoms with Gasteiger partial charge < -0.3 is 15.2 Å². The molecule has 0 aliphatic rings. The molecule has 1 aromatic heterocycles. The fraction of sp³-hybridized carbons (Fsp3) is 0.467. The van der Waals surface area contributed by atoms with Crippen LogP contribution in [0.3, 0.4) is 0 Å². The molecular weight excluding hydrogens is 302 g/mol. The lowest BCUT2D eigenvalue weighted by Crippen LogP contribution is -2.31. The van der Waals surface area contributed by atoms with Gasteiger partial charge in [-0.1, -0.05) is 0 Å². The molecule has 1 rings (SSSR count). The molecule has 0 unspecified atom stereocenters. The Morgan fingerprint density at radius 2 is 1.87 bits per heavy atom.